The van der Waals surface area contributed by atoms with Crippen LogP contribution in [0.25, 0.3) is 0 Å². The SMILES string of the molecule is Cc1ccc(O[C@H](C)C(=O)N2CCN(S(=O)(=O)c3cc(Cl)ccc3Cl)CC2)cc1. The molecule has 2 aromatic carbocycles. The number of ether oxygens (including phenoxy) is 1. The van der Waals surface area contributed by atoms with Crippen molar-refractivity contribution >= 4 is 39.1 Å². The number of sulfonamides is 1. The summed E-state index contributed by atoms with van der Waals surface area (Å²) in [7, 11) is -3.79. The third-order valence-corrected chi connectivity index (χ3v) is 7.36. The molecule has 0 bridgehead atoms. The van der Waals surface area contributed by atoms with Crippen LogP contribution in [-0.2, 0) is 14.8 Å². The fourth-order valence-corrected chi connectivity index (χ4v) is 5.25. The van der Waals surface area contributed by atoms with Gasteiger partial charge in [-0.2, -0.15) is 4.31 Å². The minimum Gasteiger partial charge on any atom is -0.481 e. The van der Waals surface area contributed by atoms with E-state index in [0.717, 1.165) is 5.56 Å². The number of rotatable bonds is 5. The lowest BCUT2D eigenvalue weighted by molar-refractivity contribution is -0.139. The number of nitrogens with zero attached hydrogens (tertiary/aromatic N) is 2. The number of hydrogen-bond acceptors (Lipinski definition) is 4. The van der Waals surface area contributed by atoms with Gasteiger partial charge in [-0.15, -0.1) is 0 Å². The Morgan fingerprint density at radius 3 is 2.28 bits per heavy atom. The Morgan fingerprint density at radius 2 is 1.66 bits per heavy atom. The number of carbonyl (C=O) groups excluding carboxylic acids is 1. The molecular weight excluding hydrogens is 435 g/mol. The Morgan fingerprint density at radius 1 is 1.03 bits per heavy atom. The second-order valence-electron chi connectivity index (χ2n) is 6.88. The minimum absolute atomic E-state index is 0.0254. The number of carbonyl (C=O) groups is 1. The van der Waals surface area contributed by atoms with Crippen LogP contribution in [0.4, 0.5) is 0 Å². The maximum Gasteiger partial charge on any atom is 0.263 e. The average molecular weight is 457 g/mol. The zero-order valence-corrected chi connectivity index (χ0v) is 18.5. The molecule has 0 aliphatic carbocycles. The third kappa shape index (κ3) is 5.04. The molecular formula is C20H22Cl2N2O4S. The molecule has 1 aliphatic rings. The van der Waals surface area contributed by atoms with Gasteiger partial charge in [-0.3, -0.25) is 4.79 Å². The molecule has 6 nitrogen and oxygen atoms in total. The number of amides is 1. The Hall–Kier alpha value is -1.80. The van der Waals surface area contributed by atoms with Gasteiger partial charge in [0.1, 0.15) is 10.6 Å². The topological polar surface area (TPSA) is 66.9 Å². The summed E-state index contributed by atoms with van der Waals surface area (Å²) in [4.78, 5) is 14.3. The molecule has 1 amide bonds. The van der Waals surface area contributed by atoms with Gasteiger partial charge < -0.3 is 9.64 Å². The monoisotopic (exact) mass is 456 g/mol. The van der Waals surface area contributed by atoms with Crippen LogP contribution in [0.2, 0.25) is 10.0 Å². The highest BCUT2D eigenvalue weighted by Gasteiger charge is 2.33. The molecule has 0 saturated carbocycles. The second kappa shape index (κ2) is 8.92. The summed E-state index contributed by atoms with van der Waals surface area (Å²) in [5.74, 6) is 0.441. The van der Waals surface area contributed by atoms with Crippen LogP contribution in [0.5, 0.6) is 5.75 Å². The van der Waals surface area contributed by atoms with Crippen molar-refractivity contribution in [3.8, 4) is 5.75 Å². The summed E-state index contributed by atoms with van der Waals surface area (Å²) in [6.07, 6.45) is -0.664. The van der Waals surface area contributed by atoms with Gasteiger partial charge in [0.05, 0.1) is 5.02 Å². The summed E-state index contributed by atoms with van der Waals surface area (Å²) >= 11 is 12.0. The molecule has 156 valence electrons. The Labute approximate surface area is 181 Å². The number of halogens is 2. The van der Waals surface area contributed by atoms with Gasteiger partial charge in [-0.25, -0.2) is 8.42 Å². The van der Waals surface area contributed by atoms with E-state index in [4.69, 9.17) is 27.9 Å². The van der Waals surface area contributed by atoms with Crippen molar-refractivity contribution < 1.29 is 17.9 Å². The molecule has 29 heavy (non-hydrogen) atoms. The Kier molecular flexibility index (Phi) is 6.73. The van der Waals surface area contributed by atoms with Gasteiger partial charge in [0.25, 0.3) is 5.91 Å². The fourth-order valence-electron chi connectivity index (χ4n) is 3.09. The zero-order chi connectivity index (χ0) is 21.2. The third-order valence-electron chi connectivity index (χ3n) is 4.74. The summed E-state index contributed by atoms with van der Waals surface area (Å²) in [6.45, 7) is 4.57. The van der Waals surface area contributed by atoms with E-state index >= 15 is 0 Å². The molecule has 1 atom stereocenters. The highest BCUT2D eigenvalue weighted by molar-refractivity contribution is 7.89. The molecule has 0 aromatic heterocycles. The van der Waals surface area contributed by atoms with Crippen LogP contribution in [-0.4, -0.2) is 55.8 Å². The number of piperazine rings is 1. The van der Waals surface area contributed by atoms with E-state index < -0.39 is 16.1 Å². The van der Waals surface area contributed by atoms with Crippen molar-refractivity contribution in [2.24, 2.45) is 0 Å². The van der Waals surface area contributed by atoms with E-state index in [9.17, 15) is 13.2 Å². The molecule has 1 aliphatic heterocycles. The van der Waals surface area contributed by atoms with Crippen molar-refractivity contribution in [2.45, 2.75) is 24.8 Å². The average Bonchev–Trinajstić information content (AvgIpc) is 2.71. The van der Waals surface area contributed by atoms with Gasteiger partial charge in [0.2, 0.25) is 10.0 Å². The first kappa shape index (κ1) is 21.9. The first-order valence-electron chi connectivity index (χ1n) is 9.16. The van der Waals surface area contributed by atoms with Crippen LogP contribution in [0.3, 0.4) is 0 Å². The predicted molar refractivity (Wildman–Crippen MR) is 113 cm³/mol. The largest absolute Gasteiger partial charge is 0.481 e. The first-order chi connectivity index (χ1) is 13.7. The molecule has 0 radical (unpaired) electrons. The highest BCUT2D eigenvalue weighted by atomic mass is 35.5. The second-order valence-corrected chi connectivity index (χ2v) is 9.63. The predicted octanol–water partition coefficient (Wildman–Crippen LogP) is 3.60. The molecule has 0 spiro atoms. The van der Waals surface area contributed by atoms with E-state index in [2.05, 4.69) is 0 Å². The standard InChI is InChI=1S/C20H22Cl2N2O4S/c1-14-3-6-17(7-4-14)28-15(2)20(25)23-9-11-24(12-10-23)29(26,27)19-13-16(21)5-8-18(19)22/h3-8,13,15H,9-12H2,1-2H3/t15-/m1/s1. The summed E-state index contributed by atoms with van der Waals surface area (Å²) < 4.78 is 32.8. The molecule has 1 heterocycles. The molecule has 9 heteroatoms. The first-order valence-corrected chi connectivity index (χ1v) is 11.4. The van der Waals surface area contributed by atoms with Crippen LogP contribution in [0.15, 0.2) is 47.4 Å². The van der Waals surface area contributed by atoms with E-state index in [1.807, 2.05) is 31.2 Å². The minimum atomic E-state index is -3.79. The lowest BCUT2D eigenvalue weighted by atomic mass is 10.2. The Bertz CT molecular complexity index is 988. The van der Waals surface area contributed by atoms with Crippen LogP contribution in [0, 0.1) is 6.92 Å². The number of hydrogen-bond donors (Lipinski definition) is 0. The van der Waals surface area contributed by atoms with Gasteiger partial charge in [0.15, 0.2) is 6.10 Å². The van der Waals surface area contributed by atoms with Crippen LogP contribution >= 0.6 is 23.2 Å². The van der Waals surface area contributed by atoms with Crippen molar-refractivity contribution in [3.05, 3.63) is 58.1 Å². The molecule has 3 rings (SSSR count). The van der Waals surface area contributed by atoms with E-state index in [-0.39, 0.29) is 42.0 Å². The van der Waals surface area contributed by atoms with Gasteiger partial charge in [0, 0.05) is 31.2 Å². The fraction of sp³-hybridized carbons (Fsp3) is 0.350. The lowest BCUT2D eigenvalue weighted by Gasteiger charge is -2.35. The quantitative estimate of drug-likeness (QED) is 0.688. The van der Waals surface area contributed by atoms with Gasteiger partial charge >= 0.3 is 0 Å². The molecule has 0 N–H and O–H groups in total. The van der Waals surface area contributed by atoms with E-state index in [1.165, 1.54) is 22.5 Å². The van der Waals surface area contributed by atoms with E-state index in [1.54, 1.807) is 11.8 Å². The maximum absolute atomic E-state index is 12.9. The normalized spacial score (nSPS) is 16.5. The van der Waals surface area contributed by atoms with Gasteiger partial charge in [-0.05, 0) is 44.2 Å². The maximum atomic E-state index is 12.9. The van der Waals surface area contributed by atoms with Crippen molar-refractivity contribution in [3.63, 3.8) is 0 Å². The highest BCUT2D eigenvalue weighted by Crippen LogP contribution is 2.28. The Balaban J connectivity index is 1.62. The van der Waals surface area contributed by atoms with Gasteiger partial charge in [-0.1, -0.05) is 40.9 Å². The molecule has 1 saturated heterocycles. The van der Waals surface area contributed by atoms with Crippen molar-refractivity contribution in [1.82, 2.24) is 9.21 Å². The van der Waals surface area contributed by atoms with Crippen LogP contribution in [0.1, 0.15) is 12.5 Å². The van der Waals surface area contributed by atoms with Crippen LogP contribution < -0.4 is 4.74 Å². The summed E-state index contributed by atoms with van der Waals surface area (Å²) in [5.41, 5.74) is 1.11. The molecule has 1 fully saturated rings. The summed E-state index contributed by atoms with van der Waals surface area (Å²) in [6, 6.07) is 11.8. The lowest BCUT2D eigenvalue weighted by Crippen LogP contribution is -2.53. The zero-order valence-electron chi connectivity index (χ0n) is 16.1. The number of aryl methyl sites for hydroxylation is 1. The van der Waals surface area contributed by atoms with Crippen molar-refractivity contribution in [2.75, 3.05) is 26.2 Å². The smallest absolute Gasteiger partial charge is 0.263 e. The van der Waals surface area contributed by atoms with E-state index in [0.29, 0.717) is 10.8 Å². The number of benzene rings is 2. The van der Waals surface area contributed by atoms with Crippen molar-refractivity contribution in [1.29, 1.82) is 0 Å². The summed E-state index contributed by atoms with van der Waals surface area (Å²) in [5, 5.41) is 0.414. The molecule has 2 aromatic rings. The molecule has 0 unspecified atom stereocenters.